The lowest BCUT2D eigenvalue weighted by molar-refractivity contribution is -0.0767. The normalized spacial score (nSPS) is 15.4. The van der Waals surface area contributed by atoms with Gasteiger partial charge in [-0.1, -0.05) is 12.1 Å². The number of hydrogen-bond donors (Lipinski definition) is 0. The molecule has 2 heterocycles. The Balaban J connectivity index is 2.07. The van der Waals surface area contributed by atoms with Crippen LogP contribution in [0.5, 0.6) is 0 Å². The number of nitrogens with zero attached hydrogens (tertiary/aromatic N) is 2. The molecular weight excluding hydrogens is 216 g/mol. The molecule has 4 heteroatoms. The van der Waals surface area contributed by atoms with Crippen molar-refractivity contribution in [2.24, 2.45) is 0 Å². The van der Waals surface area contributed by atoms with Gasteiger partial charge >= 0.3 is 0 Å². The van der Waals surface area contributed by atoms with Crippen LogP contribution in [0, 0.1) is 0 Å². The summed E-state index contributed by atoms with van der Waals surface area (Å²) < 4.78 is 0. The van der Waals surface area contributed by atoms with Crippen LogP contribution in [0.15, 0.2) is 36.5 Å². The van der Waals surface area contributed by atoms with Crippen LogP contribution in [0.2, 0.25) is 0 Å². The molecule has 2 aromatic rings. The van der Waals surface area contributed by atoms with E-state index in [-0.39, 0.29) is 5.91 Å². The van der Waals surface area contributed by atoms with Gasteiger partial charge in [0.05, 0.1) is 24.2 Å². The summed E-state index contributed by atoms with van der Waals surface area (Å²) >= 11 is 0. The Morgan fingerprint density at radius 1 is 1.29 bits per heavy atom. The highest BCUT2D eigenvalue weighted by Crippen LogP contribution is 2.19. The fraction of sp³-hybridized carbons (Fsp3) is 0.231. The van der Waals surface area contributed by atoms with Gasteiger partial charge in [0.2, 0.25) is 0 Å². The Bertz CT molecular complexity index is 557. The Kier molecular flexibility index (Phi) is 2.49. The first-order chi connectivity index (χ1) is 8.36. The Morgan fingerprint density at radius 3 is 3.06 bits per heavy atom. The predicted molar refractivity (Wildman–Crippen MR) is 63.3 cm³/mol. The van der Waals surface area contributed by atoms with Crippen molar-refractivity contribution < 1.29 is 9.63 Å². The van der Waals surface area contributed by atoms with Gasteiger partial charge in [-0.2, -0.15) is 0 Å². The summed E-state index contributed by atoms with van der Waals surface area (Å²) in [5, 5.41) is 2.30. The zero-order valence-electron chi connectivity index (χ0n) is 9.30. The molecule has 1 aliphatic heterocycles. The number of pyridine rings is 1. The van der Waals surface area contributed by atoms with Crippen molar-refractivity contribution in [1.82, 2.24) is 10.0 Å². The largest absolute Gasteiger partial charge is 0.278 e. The second-order valence-corrected chi connectivity index (χ2v) is 3.97. The third-order valence-corrected chi connectivity index (χ3v) is 2.86. The van der Waals surface area contributed by atoms with Gasteiger partial charge in [-0.15, -0.1) is 0 Å². The van der Waals surface area contributed by atoms with Gasteiger partial charge in [0.1, 0.15) is 0 Å². The van der Waals surface area contributed by atoms with Crippen molar-refractivity contribution >= 4 is 16.8 Å². The number of hydroxylamine groups is 2. The maximum absolute atomic E-state index is 12.2. The van der Waals surface area contributed by atoms with Crippen LogP contribution >= 0.6 is 0 Å². The van der Waals surface area contributed by atoms with Gasteiger partial charge in [0.25, 0.3) is 5.91 Å². The van der Waals surface area contributed by atoms with Crippen LogP contribution in [0.3, 0.4) is 0 Å². The first-order valence-electron chi connectivity index (χ1n) is 5.65. The minimum atomic E-state index is -0.0823. The summed E-state index contributed by atoms with van der Waals surface area (Å²) in [5.74, 6) is -0.0823. The molecule has 1 amide bonds. The van der Waals surface area contributed by atoms with Crippen molar-refractivity contribution in [2.75, 3.05) is 13.2 Å². The number of aromatic nitrogens is 1. The van der Waals surface area contributed by atoms with Crippen LogP contribution in [-0.4, -0.2) is 29.1 Å². The molecule has 0 N–H and O–H groups in total. The average molecular weight is 228 g/mol. The van der Waals surface area contributed by atoms with Crippen LogP contribution in [0.25, 0.3) is 10.9 Å². The molecule has 86 valence electrons. The molecule has 0 spiro atoms. The molecule has 0 radical (unpaired) electrons. The van der Waals surface area contributed by atoms with Crippen LogP contribution in [0.1, 0.15) is 16.8 Å². The highest BCUT2D eigenvalue weighted by atomic mass is 16.7. The quantitative estimate of drug-likeness (QED) is 0.749. The average Bonchev–Trinajstić information content (AvgIpc) is 2.91. The lowest BCUT2D eigenvalue weighted by atomic mass is 10.1. The molecule has 1 aliphatic rings. The molecular formula is C13H12N2O2. The number of carbonyl (C=O) groups excluding carboxylic acids is 1. The van der Waals surface area contributed by atoms with Crippen molar-refractivity contribution in [3.8, 4) is 0 Å². The van der Waals surface area contributed by atoms with Crippen molar-refractivity contribution in [3.63, 3.8) is 0 Å². The summed E-state index contributed by atoms with van der Waals surface area (Å²) in [6.45, 7) is 1.28. The van der Waals surface area contributed by atoms with E-state index in [1.807, 2.05) is 30.3 Å². The van der Waals surface area contributed by atoms with E-state index in [4.69, 9.17) is 4.84 Å². The fourth-order valence-electron chi connectivity index (χ4n) is 2.03. The van der Waals surface area contributed by atoms with Gasteiger partial charge in [-0.25, -0.2) is 5.06 Å². The first-order valence-corrected chi connectivity index (χ1v) is 5.65. The van der Waals surface area contributed by atoms with Gasteiger partial charge in [0, 0.05) is 11.6 Å². The molecule has 1 aromatic carbocycles. The number of amides is 1. The molecule has 0 unspecified atom stereocenters. The molecule has 1 fully saturated rings. The molecule has 17 heavy (non-hydrogen) atoms. The zero-order chi connectivity index (χ0) is 11.7. The minimum Gasteiger partial charge on any atom is -0.271 e. The molecule has 3 rings (SSSR count). The Morgan fingerprint density at radius 2 is 2.24 bits per heavy atom. The molecule has 0 saturated carbocycles. The molecule has 0 bridgehead atoms. The summed E-state index contributed by atoms with van der Waals surface area (Å²) in [5.41, 5.74) is 1.48. The SMILES string of the molecule is O=C(c1cccc2ncccc12)N1CCCO1. The molecule has 0 atom stereocenters. The predicted octanol–water partition coefficient (Wildman–Crippen LogP) is 2.01. The van der Waals surface area contributed by atoms with E-state index >= 15 is 0 Å². The van der Waals surface area contributed by atoms with Gasteiger partial charge in [-0.05, 0) is 24.6 Å². The zero-order valence-corrected chi connectivity index (χ0v) is 9.30. The Labute approximate surface area is 98.8 Å². The monoisotopic (exact) mass is 228 g/mol. The lowest BCUT2D eigenvalue weighted by Crippen LogP contribution is -2.26. The maximum atomic E-state index is 12.2. The van der Waals surface area contributed by atoms with E-state index in [1.54, 1.807) is 6.20 Å². The number of hydrogen-bond acceptors (Lipinski definition) is 3. The minimum absolute atomic E-state index is 0.0823. The third kappa shape index (κ3) is 1.76. The van der Waals surface area contributed by atoms with E-state index < -0.39 is 0 Å². The van der Waals surface area contributed by atoms with E-state index in [9.17, 15) is 4.79 Å². The topological polar surface area (TPSA) is 42.4 Å². The van der Waals surface area contributed by atoms with Crippen LogP contribution < -0.4 is 0 Å². The lowest BCUT2D eigenvalue weighted by Gasteiger charge is -2.14. The van der Waals surface area contributed by atoms with E-state index in [2.05, 4.69) is 4.98 Å². The van der Waals surface area contributed by atoms with Gasteiger partial charge < -0.3 is 0 Å². The number of fused-ring (bicyclic) bond motifs is 1. The third-order valence-electron chi connectivity index (χ3n) is 2.86. The summed E-state index contributed by atoms with van der Waals surface area (Å²) in [6.07, 6.45) is 2.62. The smallest absolute Gasteiger partial charge is 0.271 e. The fourth-order valence-corrected chi connectivity index (χ4v) is 2.03. The Hall–Kier alpha value is -1.94. The van der Waals surface area contributed by atoms with Crippen molar-refractivity contribution in [2.45, 2.75) is 6.42 Å². The van der Waals surface area contributed by atoms with Crippen molar-refractivity contribution in [3.05, 3.63) is 42.1 Å². The molecule has 0 aliphatic carbocycles. The number of rotatable bonds is 1. The van der Waals surface area contributed by atoms with Crippen molar-refractivity contribution in [1.29, 1.82) is 0 Å². The highest BCUT2D eigenvalue weighted by molar-refractivity contribution is 6.05. The van der Waals surface area contributed by atoms with E-state index in [0.29, 0.717) is 18.7 Å². The maximum Gasteiger partial charge on any atom is 0.278 e. The summed E-state index contributed by atoms with van der Waals surface area (Å²) in [6, 6.07) is 9.30. The van der Waals surface area contributed by atoms with E-state index in [1.165, 1.54) is 5.06 Å². The highest BCUT2D eigenvalue weighted by Gasteiger charge is 2.22. The van der Waals surface area contributed by atoms with Crippen LogP contribution in [-0.2, 0) is 4.84 Å². The standard InChI is InChI=1S/C13H12N2O2/c16-13(15-8-3-9-17-15)11-4-1-6-12-10(11)5-2-7-14-12/h1-2,4-7H,3,8-9H2. The second-order valence-electron chi connectivity index (χ2n) is 3.97. The second kappa shape index (κ2) is 4.14. The van der Waals surface area contributed by atoms with E-state index in [0.717, 1.165) is 17.3 Å². The van der Waals surface area contributed by atoms with Crippen LogP contribution in [0.4, 0.5) is 0 Å². The number of benzene rings is 1. The molecule has 1 aromatic heterocycles. The first kappa shape index (κ1) is 10.2. The summed E-state index contributed by atoms with van der Waals surface area (Å²) in [4.78, 5) is 21.8. The van der Waals surface area contributed by atoms with Gasteiger partial charge in [0.15, 0.2) is 0 Å². The number of carbonyl (C=O) groups is 1. The molecule has 1 saturated heterocycles. The molecule has 4 nitrogen and oxygen atoms in total. The summed E-state index contributed by atoms with van der Waals surface area (Å²) in [7, 11) is 0. The van der Waals surface area contributed by atoms with Gasteiger partial charge in [-0.3, -0.25) is 14.6 Å².